The van der Waals surface area contributed by atoms with E-state index >= 15 is 0 Å². The summed E-state index contributed by atoms with van der Waals surface area (Å²) in [4.78, 5) is 2.54. The number of halogens is 3. The number of ether oxygens (including phenoxy) is 2. The highest BCUT2D eigenvalue weighted by atomic mass is 19.2. The highest BCUT2D eigenvalue weighted by Crippen LogP contribution is 2.41. The fourth-order valence-electron chi connectivity index (χ4n) is 5.49. The van der Waals surface area contributed by atoms with E-state index in [2.05, 4.69) is 36.1 Å². The molecule has 1 aromatic carbocycles. The lowest BCUT2D eigenvalue weighted by Gasteiger charge is -2.44. The van der Waals surface area contributed by atoms with Gasteiger partial charge in [-0.2, -0.15) is 0 Å². The zero-order chi connectivity index (χ0) is 23.2. The molecule has 33 heavy (non-hydrogen) atoms. The van der Waals surface area contributed by atoms with Crippen molar-refractivity contribution < 1.29 is 22.6 Å². The van der Waals surface area contributed by atoms with E-state index < -0.39 is 17.5 Å². The van der Waals surface area contributed by atoms with Gasteiger partial charge in [0.25, 0.3) is 0 Å². The predicted octanol–water partition coefficient (Wildman–Crippen LogP) is 1.02. The summed E-state index contributed by atoms with van der Waals surface area (Å²) in [6.45, 7) is 4.03. The van der Waals surface area contributed by atoms with Crippen molar-refractivity contribution in [2.75, 3.05) is 38.2 Å². The maximum Gasteiger partial charge on any atom is 0.168 e. The Morgan fingerprint density at radius 1 is 1.03 bits per heavy atom. The van der Waals surface area contributed by atoms with Gasteiger partial charge < -0.3 is 19.7 Å². The molecule has 0 amide bonds. The molecule has 4 atom stereocenters. The van der Waals surface area contributed by atoms with Crippen molar-refractivity contribution in [2.24, 2.45) is 11.8 Å². The van der Waals surface area contributed by atoms with Crippen LogP contribution in [0.2, 0.25) is 0 Å². The minimum Gasteiger partial charge on any atom is -0.376 e. The van der Waals surface area contributed by atoms with E-state index in [9.17, 15) is 13.2 Å². The minimum atomic E-state index is -1.24. The molecule has 1 N–H and O–H groups in total. The highest BCUT2D eigenvalue weighted by Gasteiger charge is 2.47. The number of anilines is 1. The molecule has 2 saturated heterocycles. The third kappa shape index (κ3) is 4.50. The monoisotopic (exact) mass is 458 g/mol. The lowest BCUT2D eigenvalue weighted by Crippen LogP contribution is -2.61. The Kier molecular flexibility index (Phi) is 6.13. The van der Waals surface area contributed by atoms with E-state index in [1.165, 1.54) is 6.07 Å². The first kappa shape index (κ1) is 22.7. The van der Waals surface area contributed by atoms with Crippen molar-refractivity contribution in [2.45, 2.75) is 30.3 Å². The first-order valence-electron chi connectivity index (χ1n) is 11.5. The Labute approximate surface area is 193 Å². The van der Waals surface area contributed by atoms with Crippen LogP contribution in [0.4, 0.5) is 19.0 Å². The standard InChI is InChI=1S/C22H27B2F3N4O2/c23-22(24,19-11-32-3-4-33-19)31-9-12-5-15(6-13(12)10-31)28-20-2-1-18(29-30-20)16-7-14(25)8-17(26)21(16)27/h1-2,7-8,12-13,15,19H,3-6,9-11,23-24H2,(H,28,30)/t12-,13+,15+,19?. The Balaban J connectivity index is 1.19. The Hall–Kier alpha value is -2.10. The SMILES string of the molecule is BC(B)(C1COCCO1)N1C[C@H]2C[C@H](Nc3ccc(-c4cc(F)cc(F)c4F)nn3)C[C@H]2C1. The van der Waals surface area contributed by atoms with Gasteiger partial charge in [0, 0.05) is 30.8 Å². The number of nitrogens with zero attached hydrogens (tertiary/aromatic N) is 3. The number of likely N-dealkylation sites (tertiary alicyclic amines) is 1. The molecule has 0 bridgehead atoms. The molecule has 0 radical (unpaired) electrons. The molecule has 1 unspecified atom stereocenters. The van der Waals surface area contributed by atoms with E-state index in [4.69, 9.17) is 9.47 Å². The van der Waals surface area contributed by atoms with Gasteiger partial charge >= 0.3 is 0 Å². The van der Waals surface area contributed by atoms with Crippen LogP contribution >= 0.6 is 0 Å². The second kappa shape index (κ2) is 8.92. The molecule has 1 saturated carbocycles. The lowest BCUT2D eigenvalue weighted by atomic mass is 9.57. The van der Waals surface area contributed by atoms with Crippen LogP contribution in [-0.2, 0) is 9.47 Å². The van der Waals surface area contributed by atoms with Gasteiger partial charge in [0.2, 0.25) is 0 Å². The summed E-state index contributed by atoms with van der Waals surface area (Å²) in [6, 6.07) is 4.92. The molecular formula is C22H27B2F3N4O2. The van der Waals surface area contributed by atoms with Crippen molar-refractivity contribution in [1.29, 1.82) is 0 Å². The summed E-state index contributed by atoms with van der Waals surface area (Å²) in [6.07, 6.45) is 2.16. The van der Waals surface area contributed by atoms with Crippen LogP contribution in [0.5, 0.6) is 0 Å². The molecule has 1 aromatic heterocycles. The smallest absolute Gasteiger partial charge is 0.168 e. The maximum atomic E-state index is 14.0. The normalized spacial score (nSPS) is 28.1. The number of nitrogens with one attached hydrogen (secondary N) is 1. The van der Waals surface area contributed by atoms with Gasteiger partial charge in [0.15, 0.2) is 11.6 Å². The van der Waals surface area contributed by atoms with E-state index in [-0.39, 0.29) is 28.7 Å². The summed E-state index contributed by atoms with van der Waals surface area (Å²) in [7, 11) is 4.49. The van der Waals surface area contributed by atoms with E-state index in [0.29, 0.717) is 43.5 Å². The van der Waals surface area contributed by atoms with Crippen LogP contribution in [0.1, 0.15) is 12.8 Å². The van der Waals surface area contributed by atoms with Gasteiger partial charge in [-0.25, -0.2) is 13.2 Å². The van der Waals surface area contributed by atoms with E-state index in [1.54, 1.807) is 6.07 Å². The first-order valence-corrected chi connectivity index (χ1v) is 11.5. The third-order valence-electron chi connectivity index (χ3n) is 7.46. The van der Waals surface area contributed by atoms with E-state index in [1.807, 2.05) is 0 Å². The zero-order valence-corrected chi connectivity index (χ0v) is 18.9. The van der Waals surface area contributed by atoms with Crippen molar-refractivity contribution >= 4 is 21.5 Å². The fourth-order valence-corrected chi connectivity index (χ4v) is 5.49. The predicted molar refractivity (Wildman–Crippen MR) is 123 cm³/mol. The molecular weight excluding hydrogens is 431 g/mol. The van der Waals surface area contributed by atoms with Crippen molar-refractivity contribution in [3.8, 4) is 11.3 Å². The van der Waals surface area contributed by atoms with E-state index in [0.717, 1.165) is 32.0 Å². The van der Waals surface area contributed by atoms with Crippen molar-refractivity contribution in [1.82, 2.24) is 15.1 Å². The fraction of sp³-hybridized carbons (Fsp3) is 0.545. The van der Waals surface area contributed by atoms with Crippen LogP contribution in [0, 0.1) is 29.3 Å². The second-order valence-corrected chi connectivity index (χ2v) is 9.88. The molecule has 5 rings (SSSR count). The minimum absolute atomic E-state index is 0.0688. The number of aromatic nitrogens is 2. The number of hydrogen-bond donors (Lipinski definition) is 1. The summed E-state index contributed by atoms with van der Waals surface area (Å²) in [5.74, 6) is -1.46. The Morgan fingerprint density at radius 3 is 2.42 bits per heavy atom. The summed E-state index contributed by atoms with van der Waals surface area (Å²) in [5, 5.41) is 11.5. The topological polar surface area (TPSA) is 59.5 Å². The summed E-state index contributed by atoms with van der Waals surface area (Å²) >= 11 is 0. The number of rotatable bonds is 5. The Morgan fingerprint density at radius 2 is 1.79 bits per heavy atom. The van der Waals surface area contributed by atoms with Crippen LogP contribution in [0.15, 0.2) is 24.3 Å². The Bertz CT molecular complexity index is 994. The van der Waals surface area contributed by atoms with Gasteiger partial charge in [-0.3, -0.25) is 0 Å². The third-order valence-corrected chi connectivity index (χ3v) is 7.46. The molecule has 6 nitrogen and oxygen atoms in total. The van der Waals surface area contributed by atoms with Gasteiger partial charge in [-0.1, -0.05) is 0 Å². The molecule has 3 fully saturated rings. The van der Waals surface area contributed by atoms with Crippen LogP contribution in [0.25, 0.3) is 11.3 Å². The maximum absolute atomic E-state index is 14.0. The zero-order valence-electron chi connectivity index (χ0n) is 18.9. The number of benzene rings is 1. The lowest BCUT2D eigenvalue weighted by molar-refractivity contribution is -0.112. The second-order valence-electron chi connectivity index (χ2n) is 9.88. The van der Waals surface area contributed by atoms with Gasteiger partial charge in [-0.05, 0) is 48.2 Å². The molecule has 0 spiro atoms. The van der Waals surface area contributed by atoms with Gasteiger partial charge in [0.05, 0.1) is 31.6 Å². The molecule has 3 heterocycles. The van der Waals surface area contributed by atoms with Gasteiger partial charge in [0.1, 0.15) is 27.3 Å². The van der Waals surface area contributed by atoms with Crippen molar-refractivity contribution in [3.63, 3.8) is 0 Å². The molecule has 174 valence electrons. The largest absolute Gasteiger partial charge is 0.376 e. The highest BCUT2D eigenvalue weighted by molar-refractivity contribution is 6.40. The van der Waals surface area contributed by atoms with Crippen LogP contribution < -0.4 is 5.32 Å². The molecule has 11 heteroatoms. The summed E-state index contributed by atoms with van der Waals surface area (Å²) < 4.78 is 52.6. The number of fused-ring (bicyclic) bond motifs is 1. The average Bonchev–Trinajstić information content (AvgIpc) is 3.37. The first-order chi connectivity index (χ1) is 15.8. The molecule has 3 aliphatic rings. The quantitative estimate of drug-likeness (QED) is 0.534. The molecule has 2 aliphatic heterocycles. The summed E-state index contributed by atoms with van der Waals surface area (Å²) in [5.41, 5.74) is -0.150. The average molecular weight is 458 g/mol. The van der Waals surface area contributed by atoms with Gasteiger partial charge in [-0.15, -0.1) is 10.2 Å². The number of hydrogen-bond acceptors (Lipinski definition) is 6. The van der Waals surface area contributed by atoms with Crippen LogP contribution in [-0.4, -0.2) is 81.2 Å². The molecule has 1 aliphatic carbocycles. The van der Waals surface area contributed by atoms with Crippen LogP contribution in [0.3, 0.4) is 0 Å². The van der Waals surface area contributed by atoms with Crippen molar-refractivity contribution in [3.05, 3.63) is 41.7 Å². The molecule has 2 aromatic rings.